The zero-order valence-corrected chi connectivity index (χ0v) is 17.6. The number of rotatable bonds is 8. The third-order valence-corrected chi connectivity index (χ3v) is 6.29. The van der Waals surface area contributed by atoms with Gasteiger partial charge in [-0.2, -0.15) is 10.1 Å². The summed E-state index contributed by atoms with van der Waals surface area (Å²) >= 11 is 1.22. The van der Waals surface area contributed by atoms with Crippen molar-refractivity contribution in [2.45, 2.75) is 24.1 Å². The molecule has 0 spiro atoms. The maximum Gasteiger partial charge on any atom is 0.340 e. The highest BCUT2D eigenvalue weighted by atomic mass is 32.2. The highest BCUT2D eigenvalue weighted by Gasteiger charge is 2.48. The molecule has 0 bridgehead atoms. The van der Waals surface area contributed by atoms with Gasteiger partial charge < -0.3 is 15.3 Å². The molecule has 0 aliphatic carbocycles. The summed E-state index contributed by atoms with van der Waals surface area (Å²) in [6.45, 7) is 0.390. The van der Waals surface area contributed by atoms with Gasteiger partial charge in [-0.25, -0.2) is 8.78 Å². The van der Waals surface area contributed by atoms with Crippen LogP contribution in [0.25, 0.3) is 0 Å². The molecule has 2 heterocycles. The summed E-state index contributed by atoms with van der Waals surface area (Å²) < 4.78 is 34.1. The Morgan fingerprint density at radius 3 is 2.69 bits per heavy atom. The maximum absolute atomic E-state index is 14.6. The van der Waals surface area contributed by atoms with Crippen molar-refractivity contribution in [1.82, 2.24) is 10.2 Å². The highest BCUT2D eigenvalue weighted by Crippen LogP contribution is 2.51. The second-order valence-electron chi connectivity index (χ2n) is 7.03. The first-order chi connectivity index (χ1) is 15.4. The van der Waals surface area contributed by atoms with Crippen LogP contribution in [-0.4, -0.2) is 32.9 Å². The van der Waals surface area contributed by atoms with Crippen molar-refractivity contribution in [2.24, 2.45) is 10.8 Å². The molecule has 166 valence electrons. The van der Waals surface area contributed by atoms with Crippen LogP contribution in [0.2, 0.25) is 0 Å². The number of anilines is 1. The van der Waals surface area contributed by atoms with Gasteiger partial charge in [-0.3, -0.25) is 4.79 Å². The predicted molar refractivity (Wildman–Crippen MR) is 115 cm³/mol. The number of hydrogen-bond acceptors (Lipinski definition) is 8. The number of hydrazone groups is 1. The van der Waals surface area contributed by atoms with Crippen LogP contribution in [0, 0.1) is 11.6 Å². The summed E-state index contributed by atoms with van der Waals surface area (Å²) in [6, 6.07) is 12.4. The topological polar surface area (TPSA) is 118 Å². The monoisotopic (exact) mass is 459 g/mol. The number of thioether (sulfide) groups is 1. The minimum atomic E-state index is -1.13. The van der Waals surface area contributed by atoms with E-state index in [0.717, 1.165) is 23.8 Å². The zero-order chi connectivity index (χ0) is 22.7. The second-order valence-corrected chi connectivity index (χ2v) is 8.30. The summed E-state index contributed by atoms with van der Waals surface area (Å²) in [4.78, 5) is 10.1. The fraction of sp³-hybridized carbons (Fsp3) is 0.238. The van der Waals surface area contributed by atoms with Crippen LogP contribution in [-0.2, 0) is 16.1 Å². The van der Waals surface area contributed by atoms with Gasteiger partial charge in [0.1, 0.15) is 28.0 Å². The molecular formula is C21H19F2N5O3S. The summed E-state index contributed by atoms with van der Waals surface area (Å²) in [6.07, 6.45) is 0.603. The quantitative estimate of drug-likeness (QED) is 0.526. The summed E-state index contributed by atoms with van der Waals surface area (Å²) in [5.74, 6) is -2.45. The smallest absolute Gasteiger partial charge is 0.340 e. The van der Waals surface area contributed by atoms with Gasteiger partial charge in [0.15, 0.2) is 0 Å². The Bertz CT molecular complexity index is 1160. The SMILES string of the molecule is NCCCC1(c2ccccc2)SC(c2cc(F)ccc2F)=NN1c1nnc(CC(=O)O)o1. The fourth-order valence-electron chi connectivity index (χ4n) is 3.42. The molecule has 1 aromatic heterocycles. The average Bonchev–Trinajstić information content (AvgIpc) is 3.39. The molecule has 0 saturated carbocycles. The van der Waals surface area contributed by atoms with Gasteiger partial charge in [0.2, 0.25) is 5.89 Å². The van der Waals surface area contributed by atoms with E-state index in [0.29, 0.717) is 19.4 Å². The average molecular weight is 459 g/mol. The van der Waals surface area contributed by atoms with Gasteiger partial charge in [0.05, 0.1) is 0 Å². The van der Waals surface area contributed by atoms with E-state index in [1.54, 1.807) is 0 Å². The Hall–Kier alpha value is -3.31. The molecule has 0 saturated heterocycles. The molecule has 32 heavy (non-hydrogen) atoms. The van der Waals surface area contributed by atoms with E-state index in [1.807, 2.05) is 30.3 Å². The van der Waals surface area contributed by atoms with E-state index >= 15 is 0 Å². The molecule has 1 unspecified atom stereocenters. The number of aliphatic carboxylic acids is 1. The number of carboxylic acids is 1. The molecule has 1 atom stereocenters. The van der Waals surface area contributed by atoms with Crippen LogP contribution in [0.15, 0.2) is 58.0 Å². The molecular weight excluding hydrogens is 440 g/mol. The number of aromatic nitrogens is 2. The maximum atomic E-state index is 14.6. The van der Waals surface area contributed by atoms with E-state index in [4.69, 9.17) is 15.3 Å². The number of benzene rings is 2. The van der Waals surface area contributed by atoms with E-state index in [9.17, 15) is 13.6 Å². The minimum Gasteiger partial charge on any atom is -0.481 e. The number of nitrogens with two attached hydrogens (primary N) is 1. The number of nitrogens with zero attached hydrogens (tertiary/aromatic N) is 4. The molecule has 0 radical (unpaired) electrons. The largest absolute Gasteiger partial charge is 0.481 e. The molecule has 11 heteroatoms. The third-order valence-electron chi connectivity index (χ3n) is 4.84. The van der Waals surface area contributed by atoms with Gasteiger partial charge in [0, 0.05) is 5.56 Å². The van der Waals surface area contributed by atoms with Crippen LogP contribution in [0.3, 0.4) is 0 Å². The molecule has 1 aliphatic heterocycles. The van der Waals surface area contributed by atoms with Crippen molar-refractivity contribution in [1.29, 1.82) is 0 Å². The number of halogens is 2. The molecule has 0 fully saturated rings. The van der Waals surface area contributed by atoms with Gasteiger partial charge in [-0.05, 0) is 43.1 Å². The minimum absolute atomic E-state index is 0.00386. The first kappa shape index (κ1) is 21.9. The van der Waals surface area contributed by atoms with Gasteiger partial charge >= 0.3 is 12.0 Å². The number of carboxylic acid groups (broad SMARTS) is 1. The second kappa shape index (κ2) is 9.05. The Labute approximate surface area is 186 Å². The van der Waals surface area contributed by atoms with E-state index in [1.165, 1.54) is 16.8 Å². The Morgan fingerprint density at radius 2 is 1.97 bits per heavy atom. The van der Waals surface area contributed by atoms with Crippen LogP contribution in [0.4, 0.5) is 14.8 Å². The van der Waals surface area contributed by atoms with E-state index < -0.39 is 28.9 Å². The first-order valence-electron chi connectivity index (χ1n) is 9.76. The predicted octanol–water partition coefficient (Wildman–Crippen LogP) is 3.48. The number of carbonyl (C=O) groups is 1. The van der Waals surface area contributed by atoms with E-state index in [2.05, 4.69) is 15.3 Å². The third kappa shape index (κ3) is 4.21. The highest BCUT2D eigenvalue weighted by molar-refractivity contribution is 8.15. The van der Waals surface area contributed by atoms with E-state index in [-0.39, 0.29) is 22.5 Å². The van der Waals surface area contributed by atoms with Crippen molar-refractivity contribution in [3.63, 3.8) is 0 Å². The Balaban J connectivity index is 1.86. The van der Waals surface area contributed by atoms with Crippen LogP contribution in [0.5, 0.6) is 0 Å². The molecule has 2 aromatic carbocycles. The first-order valence-corrected chi connectivity index (χ1v) is 10.6. The lowest BCUT2D eigenvalue weighted by Gasteiger charge is -2.34. The van der Waals surface area contributed by atoms with Gasteiger partial charge in [0.25, 0.3) is 0 Å². The summed E-state index contributed by atoms with van der Waals surface area (Å²) in [5, 5.41) is 23.0. The summed E-state index contributed by atoms with van der Waals surface area (Å²) in [5.41, 5.74) is 6.59. The Kier molecular flexibility index (Phi) is 6.19. The zero-order valence-electron chi connectivity index (χ0n) is 16.7. The van der Waals surface area contributed by atoms with Crippen molar-refractivity contribution in [2.75, 3.05) is 11.6 Å². The molecule has 8 nitrogen and oxygen atoms in total. The molecule has 4 rings (SSSR count). The normalized spacial score (nSPS) is 18.1. The van der Waals surface area contributed by atoms with Crippen molar-refractivity contribution >= 4 is 28.8 Å². The van der Waals surface area contributed by atoms with Crippen molar-refractivity contribution < 1.29 is 23.1 Å². The lowest BCUT2D eigenvalue weighted by molar-refractivity contribution is -0.136. The standard InChI is InChI=1S/C21H19F2N5O3S/c22-14-7-8-16(23)15(11-14)19-27-28(20-26-25-17(31-20)12-18(29)30)21(32-19,9-4-10-24)13-5-2-1-3-6-13/h1-3,5-8,11H,4,9-10,12,24H2,(H,29,30). The van der Waals surface area contributed by atoms with Gasteiger partial charge in [-0.1, -0.05) is 47.2 Å². The lowest BCUT2D eigenvalue weighted by Crippen LogP contribution is -2.38. The van der Waals surface area contributed by atoms with Crippen LogP contribution in [0.1, 0.15) is 29.9 Å². The molecule has 1 aliphatic rings. The van der Waals surface area contributed by atoms with Crippen molar-refractivity contribution in [3.8, 4) is 0 Å². The molecule has 3 aromatic rings. The molecule has 3 N–H and O–H groups in total. The van der Waals surface area contributed by atoms with Crippen LogP contribution >= 0.6 is 11.8 Å². The molecule has 0 amide bonds. The van der Waals surface area contributed by atoms with Crippen LogP contribution < -0.4 is 10.7 Å². The number of hydrogen-bond donors (Lipinski definition) is 2. The lowest BCUT2D eigenvalue weighted by atomic mass is 10.0. The Morgan fingerprint density at radius 1 is 1.19 bits per heavy atom. The fourth-order valence-corrected chi connectivity index (χ4v) is 4.83. The van der Waals surface area contributed by atoms with Gasteiger partial charge in [-0.15, -0.1) is 5.10 Å². The van der Waals surface area contributed by atoms with Crippen molar-refractivity contribution in [3.05, 3.63) is 77.2 Å². The summed E-state index contributed by atoms with van der Waals surface area (Å²) in [7, 11) is 0.